The number of nitrogens with one attached hydrogen (secondary N) is 1. The lowest BCUT2D eigenvalue weighted by Gasteiger charge is -2.31. The van der Waals surface area contributed by atoms with Crippen LogP contribution in [-0.4, -0.2) is 34.3 Å². The fourth-order valence-corrected chi connectivity index (χ4v) is 4.17. The highest BCUT2D eigenvalue weighted by Crippen LogP contribution is 2.24. The van der Waals surface area contributed by atoms with E-state index in [9.17, 15) is 0 Å². The second-order valence-corrected chi connectivity index (χ2v) is 7.47. The van der Waals surface area contributed by atoms with E-state index in [1.807, 2.05) is 0 Å². The molecule has 3 rings (SSSR count). The van der Waals surface area contributed by atoms with E-state index in [1.54, 1.807) is 0 Å². The average Bonchev–Trinajstić information content (AvgIpc) is 2.85. The minimum atomic E-state index is 0.455. The molecule has 0 bridgehead atoms. The molecule has 1 aliphatic heterocycles. The highest BCUT2D eigenvalue weighted by Gasteiger charge is 2.21. The first kappa shape index (κ1) is 19.1. The summed E-state index contributed by atoms with van der Waals surface area (Å²) >= 11 is 0. The van der Waals surface area contributed by atoms with Crippen molar-refractivity contribution in [3.8, 4) is 0 Å². The summed E-state index contributed by atoms with van der Waals surface area (Å²) in [6.07, 6.45) is 5.40. The van der Waals surface area contributed by atoms with Crippen LogP contribution in [0.5, 0.6) is 0 Å². The first-order valence-electron chi connectivity index (χ1n) is 10.2. The Morgan fingerprint density at radius 1 is 1.04 bits per heavy atom. The summed E-state index contributed by atoms with van der Waals surface area (Å²) in [5, 5.41) is 8.40. The van der Waals surface area contributed by atoms with Gasteiger partial charge in [-0.2, -0.15) is 5.10 Å². The first-order valence-corrected chi connectivity index (χ1v) is 10.2. The van der Waals surface area contributed by atoms with Gasteiger partial charge in [0.25, 0.3) is 0 Å². The Balaban J connectivity index is 1.69. The monoisotopic (exact) mass is 354 g/mol. The molecule has 1 aromatic carbocycles. The molecule has 4 heteroatoms. The van der Waals surface area contributed by atoms with Gasteiger partial charge in [0.1, 0.15) is 0 Å². The second-order valence-electron chi connectivity index (χ2n) is 7.47. The number of hydrogen-bond acceptors (Lipinski definition) is 3. The first-order chi connectivity index (χ1) is 12.7. The van der Waals surface area contributed by atoms with Gasteiger partial charge in [-0.15, -0.1) is 0 Å². The molecule has 142 valence electrons. The summed E-state index contributed by atoms with van der Waals surface area (Å²) < 4.78 is 2.11. The number of aryl methyl sites for hydroxylation is 2. The van der Waals surface area contributed by atoms with E-state index in [1.165, 1.54) is 55.6 Å². The maximum atomic E-state index is 4.65. The van der Waals surface area contributed by atoms with Crippen molar-refractivity contribution in [2.75, 3.05) is 19.6 Å². The minimum Gasteiger partial charge on any atom is -0.311 e. The van der Waals surface area contributed by atoms with Crippen molar-refractivity contribution < 1.29 is 0 Å². The highest BCUT2D eigenvalue weighted by molar-refractivity contribution is 5.24. The van der Waals surface area contributed by atoms with Gasteiger partial charge in [-0.3, -0.25) is 9.58 Å². The molecule has 0 aliphatic carbocycles. The summed E-state index contributed by atoms with van der Waals surface area (Å²) in [5.41, 5.74) is 5.24. The largest absolute Gasteiger partial charge is 0.311 e. The fourth-order valence-electron chi connectivity index (χ4n) is 4.17. The van der Waals surface area contributed by atoms with E-state index in [0.29, 0.717) is 6.04 Å². The van der Waals surface area contributed by atoms with Crippen LogP contribution in [0.25, 0.3) is 0 Å². The fraction of sp³-hybridized carbons (Fsp3) is 0.591. The van der Waals surface area contributed by atoms with Gasteiger partial charge in [-0.05, 0) is 52.3 Å². The molecule has 1 unspecified atom stereocenters. The number of aromatic nitrogens is 2. The Labute approximate surface area is 158 Å². The van der Waals surface area contributed by atoms with Crippen LogP contribution in [0.15, 0.2) is 30.3 Å². The summed E-state index contributed by atoms with van der Waals surface area (Å²) in [4.78, 5) is 2.69. The lowest BCUT2D eigenvalue weighted by molar-refractivity contribution is 0.199. The van der Waals surface area contributed by atoms with E-state index >= 15 is 0 Å². The average molecular weight is 355 g/mol. The molecule has 1 N–H and O–H groups in total. The van der Waals surface area contributed by atoms with Crippen LogP contribution in [0.1, 0.15) is 61.2 Å². The van der Waals surface area contributed by atoms with Gasteiger partial charge in [0.05, 0.1) is 5.69 Å². The Bertz CT molecular complexity index is 669. The van der Waals surface area contributed by atoms with Crippen LogP contribution in [0.4, 0.5) is 0 Å². The van der Waals surface area contributed by atoms with Crippen LogP contribution >= 0.6 is 0 Å². The summed E-state index contributed by atoms with van der Waals surface area (Å²) in [7, 11) is 0. The zero-order valence-electron chi connectivity index (χ0n) is 16.7. The molecule has 0 saturated carbocycles. The van der Waals surface area contributed by atoms with Crippen LogP contribution in [0, 0.1) is 13.8 Å². The third kappa shape index (κ3) is 4.54. The summed E-state index contributed by atoms with van der Waals surface area (Å²) in [6, 6.07) is 11.5. The van der Waals surface area contributed by atoms with Crippen molar-refractivity contribution in [1.82, 2.24) is 20.0 Å². The van der Waals surface area contributed by atoms with E-state index in [0.717, 1.165) is 25.3 Å². The van der Waals surface area contributed by atoms with E-state index in [-0.39, 0.29) is 0 Å². The van der Waals surface area contributed by atoms with Crippen molar-refractivity contribution in [2.45, 2.75) is 65.6 Å². The van der Waals surface area contributed by atoms with Gasteiger partial charge in [0.15, 0.2) is 0 Å². The minimum absolute atomic E-state index is 0.455. The number of nitrogens with zero attached hydrogens (tertiary/aromatic N) is 3. The smallest absolute Gasteiger partial charge is 0.0641 e. The van der Waals surface area contributed by atoms with Gasteiger partial charge in [-0.25, -0.2) is 0 Å². The topological polar surface area (TPSA) is 33.1 Å². The molecule has 26 heavy (non-hydrogen) atoms. The van der Waals surface area contributed by atoms with E-state index < -0.39 is 0 Å². The molecular weight excluding hydrogens is 320 g/mol. The lowest BCUT2D eigenvalue weighted by Crippen LogP contribution is -2.36. The molecule has 4 nitrogen and oxygen atoms in total. The van der Waals surface area contributed by atoms with Crippen LogP contribution in [0.3, 0.4) is 0 Å². The molecule has 1 atom stereocenters. The Hall–Kier alpha value is -1.65. The van der Waals surface area contributed by atoms with Gasteiger partial charge in [0.2, 0.25) is 0 Å². The molecule has 1 aliphatic rings. The van der Waals surface area contributed by atoms with Crippen molar-refractivity contribution in [3.63, 3.8) is 0 Å². The molecule has 1 fully saturated rings. The molecule has 0 spiro atoms. The maximum absolute atomic E-state index is 4.65. The van der Waals surface area contributed by atoms with Crippen LogP contribution < -0.4 is 5.32 Å². The van der Waals surface area contributed by atoms with Crippen molar-refractivity contribution in [1.29, 1.82) is 0 Å². The standard InChI is InChI=1S/C22H34N4/c1-4-26-19(3)21(18(2)24-26)16-23-17-22(20-12-8-7-9-13-20)25-14-10-5-6-11-15-25/h7-9,12-13,22-23H,4-6,10-11,14-17H2,1-3H3. The van der Waals surface area contributed by atoms with Crippen molar-refractivity contribution in [3.05, 3.63) is 52.8 Å². The van der Waals surface area contributed by atoms with Crippen molar-refractivity contribution >= 4 is 0 Å². The van der Waals surface area contributed by atoms with Gasteiger partial charge in [0, 0.05) is 36.9 Å². The predicted octanol–water partition coefficient (Wildman–Crippen LogP) is 4.23. The maximum Gasteiger partial charge on any atom is 0.0641 e. The van der Waals surface area contributed by atoms with E-state index in [4.69, 9.17) is 0 Å². The predicted molar refractivity (Wildman–Crippen MR) is 108 cm³/mol. The molecule has 1 aromatic heterocycles. The van der Waals surface area contributed by atoms with Gasteiger partial charge in [-0.1, -0.05) is 43.2 Å². The molecule has 0 amide bonds. The molecule has 0 radical (unpaired) electrons. The Morgan fingerprint density at radius 2 is 1.73 bits per heavy atom. The van der Waals surface area contributed by atoms with Gasteiger partial charge < -0.3 is 5.32 Å². The molecule has 1 saturated heterocycles. The van der Waals surface area contributed by atoms with Gasteiger partial charge >= 0.3 is 0 Å². The lowest BCUT2D eigenvalue weighted by atomic mass is 10.0. The number of likely N-dealkylation sites (tertiary alicyclic amines) is 1. The quantitative estimate of drug-likeness (QED) is 0.808. The van der Waals surface area contributed by atoms with Crippen molar-refractivity contribution in [2.24, 2.45) is 0 Å². The Morgan fingerprint density at radius 3 is 2.35 bits per heavy atom. The van der Waals surface area contributed by atoms with E-state index in [2.05, 4.69) is 71.1 Å². The highest BCUT2D eigenvalue weighted by atomic mass is 15.3. The molecule has 2 aromatic rings. The number of hydrogen-bond donors (Lipinski definition) is 1. The SMILES string of the molecule is CCn1nc(C)c(CNCC(c2ccccc2)N2CCCCCC2)c1C. The Kier molecular flexibility index (Phi) is 6.86. The summed E-state index contributed by atoms with van der Waals surface area (Å²) in [6.45, 7) is 11.7. The third-order valence-corrected chi connectivity index (χ3v) is 5.74. The zero-order valence-corrected chi connectivity index (χ0v) is 16.7. The van der Waals surface area contributed by atoms with Crippen LogP contribution in [0.2, 0.25) is 0 Å². The number of benzene rings is 1. The summed E-state index contributed by atoms with van der Waals surface area (Å²) in [5.74, 6) is 0. The van der Waals surface area contributed by atoms with Crippen LogP contribution in [-0.2, 0) is 13.1 Å². The zero-order chi connectivity index (χ0) is 18.4. The second kappa shape index (κ2) is 9.33. The third-order valence-electron chi connectivity index (χ3n) is 5.74. The molecule has 2 heterocycles. The number of rotatable bonds is 7. The molecular formula is C22H34N4. The normalized spacial score (nSPS) is 17.2.